The second kappa shape index (κ2) is 7.25. The van der Waals surface area contributed by atoms with Crippen molar-refractivity contribution in [2.45, 2.75) is 20.4 Å². The van der Waals surface area contributed by atoms with Crippen molar-refractivity contribution in [2.24, 2.45) is 5.92 Å². The summed E-state index contributed by atoms with van der Waals surface area (Å²) >= 11 is 0. The van der Waals surface area contributed by atoms with Crippen molar-refractivity contribution in [3.8, 4) is 5.75 Å². The van der Waals surface area contributed by atoms with E-state index in [1.807, 2.05) is 0 Å². The van der Waals surface area contributed by atoms with Gasteiger partial charge in [-0.15, -0.1) is 0 Å². The van der Waals surface area contributed by atoms with Gasteiger partial charge in [0.05, 0.1) is 0 Å². The molecule has 0 fully saturated rings. The molecule has 4 heteroatoms. The van der Waals surface area contributed by atoms with Crippen LogP contribution in [0.15, 0.2) is 18.2 Å². The maximum Gasteiger partial charge on any atom is 0.188 e. The Morgan fingerprint density at radius 1 is 1.35 bits per heavy atom. The van der Waals surface area contributed by atoms with E-state index in [9.17, 15) is 4.39 Å². The summed E-state index contributed by atoms with van der Waals surface area (Å²) in [4.78, 5) is 0. The minimum Gasteiger partial charge on any atom is -0.467 e. The molecule has 0 amide bonds. The number of methoxy groups -OCH3 is 1. The molecule has 0 saturated carbocycles. The molecule has 0 saturated heterocycles. The van der Waals surface area contributed by atoms with E-state index in [-0.39, 0.29) is 12.6 Å². The van der Waals surface area contributed by atoms with Crippen molar-refractivity contribution in [1.29, 1.82) is 0 Å². The molecule has 17 heavy (non-hydrogen) atoms. The molecule has 1 rings (SSSR count). The summed E-state index contributed by atoms with van der Waals surface area (Å²) in [6.45, 7) is 5.90. The Morgan fingerprint density at radius 2 is 2.12 bits per heavy atom. The summed E-state index contributed by atoms with van der Waals surface area (Å²) in [5.74, 6) is 0.965. The van der Waals surface area contributed by atoms with Crippen LogP contribution in [0.3, 0.4) is 0 Å². The van der Waals surface area contributed by atoms with Crippen LogP contribution in [0.2, 0.25) is 0 Å². The molecule has 1 aromatic rings. The predicted octanol–water partition coefficient (Wildman–Crippen LogP) is 2.55. The van der Waals surface area contributed by atoms with Crippen molar-refractivity contribution in [3.05, 3.63) is 29.6 Å². The van der Waals surface area contributed by atoms with Crippen LogP contribution < -0.4 is 10.1 Å². The molecule has 0 radical (unpaired) electrons. The minimum absolute atomic E-state index is 0.169. The normalized spacial score (nSPS) is 10.9. The Labute approximate surface area is 102 Å². The molecule has 0 spiro atoms. The number of halogens is 1. The standard InChI is InChI=1S/C13H20FNO2/c1-10(2)7-15-8-11-6-12(14)4-5-13(11)17-9-16-3/h4-6,10,15H,7-9H2,1-3H3. The average Bonchev–Trinajstić information content (AvgIpc) is 2.27. The third kappa shape index (κ3) is 5.15. The first-order valence-electron chi connectivity index (χ1n) is 5.74. The van der Waals surface area contributed by atoms with Crippen molar-refractivity contribution in [1.82, 2.24) is 5.32 Å². The van der Waals surface area contributed by atoms with Gasteiger partial charge in [0.25, 0.3) is 0 Å². The first-order chi connectivity index (χ1) is 8.13. The summed E-state index contributed by atoms with van der Waals surface area (Å²) in [5, 5.41) is 3.26. The molecular weight excluding hydrogens is 221 g/mol. The topological polar surface area (TPSA) is 30.5 Å². The van der Waals surface area contributed by atoms with Crippen LogP contribution in [0.4, 0.5) is 4.39 Å². The van der Waals surface area contributed by atoms with Crippen LogP contribution in [-0.2, 0) is 11.3 Å². The van der Waals surface area contributed by atoms with E-state index in [1.165, 1.54) is 12.1 Å². The maximum atomic E-state index is 13.1. The molecule has 1 N–H and O–H groups in total. The lowest BCUT2D eigenvalue weighted by atomic mass is 10.1. The SMILES string of the molecule is COCOc1ccc(F)cc1CNCC(C)C. The highest BCUT2D eigenvalue weighted by Crippen LogP contribution is 2.19. The molecule has 0 bridgehead atoms. The number of rotatable bonds is 7. The average molecular weight is 241 g/mol. The van der Waals surface area contributed by atoms with Crippen molar-refractivity contribution < 1.29 is 13.9 Å². The fourth-order valence-corrected chi connectivity index (χ4v) is 1.44. The highest BCUT2D eigenvalue weighted by molar-refractivity contribution is 5.33. The number of nitrogens with one attached hydrogen (secondary N) is 1. The molecule has 0 aliphatic heterocycles. The van der Waals surface area contributed by atoms with Gasteiger partial charge in [-0.1, -0.05) is 13.8 Å². The van der Waals surface area contributed by atoms with Crippen LogP contribution in [-0.4, -0.2) is 20.4 Å². The first kappa shape index (κ1) is 13.9. The number of benzene rings is 1. The molecule has 3 nitrogen and oxygen atoms in total. The molecule has 96 valence electrons. The lowest BCUT2D eigenvalue weighted by Gasteiger charge is -2.12. The third-order valence-electron chi connectivity index (χ3n) is 2.22. The van der Waals surface area contributed by atoms with E-state index in [1.54, 1.807) is 13.2 Å². The number of hydrogen-bond donors (Lipinski definition) is 1. The zero-order chi connectivity index (χ0) is 12.7. The molecule has 0 atom stereocenters. The predicted molar refractivity (Wildman–Crippen MR) is 65.4 cm³/mol. The lowest BCUT2D eigenvalue weighted by Crippen LogP contribution is -2.19. The first-order valence-corrected chi connectivity index (χ1v) is 5.74. The fraction of sp³-hybridized carbons (Fsp3) is 0.538. The molecule has 0 aliphatic carbocycles. The van der Waals surface area contributed by atoms with Crippen LogP contribution in [0.1, 0.15) is 19.4 Å². The van der Waals surface area contributed by atoms with Crippen LogP contribution in [0.25, 0.3) is 0 Å². The summed E-state index contributed by atoms with van der Waals surface area (Å²) in [6.07, 6.45) is 0. The van der Waals surface area contributed by atoms with E-state index in [4.69, 9.17) is 9.47 Å². The zero-order valence-electron chi connectivity index (χ0n) is 10.6. The molecule has 1 aromatic carbocycles. The Balaban J connectivity index is 2.62. The van der Waals surface area contributed by atoms with E-state index in [2.05, 4.69) is 19.2 Å². The molecule has 0 aliphatic rings. The van der Waals surface area contributed by atoms with Gasteiger partial charge in [-0.2, -0.15) is 0 Å². The van der Waals surface area contributed by atoms with Gasteiger partial charge >= 0.3 is 0 Å². The van der Waals surface area contributed by atoms with Crippen LogP contribution >= 0.6 is 0 Å². The van der Waals surface area contributed by atoms with E-state index >= 15 is 0 Å². The van der Waals surface area contributed by atoms with Gasteiger partial charge in [0.1, 0.15) is 11.6 Å². The lowest BCUT2D eigenvalue weighted by molar-refractivity contribution is 0.0503. The number of ether oxygens (including phenoxy) is 2. The molecule has 0 heterocycles. The van der Waals surface area contributed by atoms with Gasteiger partial charge in [-0.05, 0) is 30.7 Å². The van der Waals surface area contributed by atoms with Gasteiger partial charge in [0, 0.05) is 19.2 Å². The van der Waals surface area contributed by atoms with E-state index in [0.29, 0.717) is 18.2 Å². The smallest absolute Gasteiger partial charge is 0.188 e. The van der Waals surface area contributed by atoms with Gasteiger partial charge < -0.3 is 14.8 Å². The highest BCUT2D eigenvalue weighted by atomic mass is 19.1. The largest absolute Gasteiger partial charge is 0.467 e. The van der Waals surface area contributed by atoms with Crippen molar-refractivity contribution in [2.75, 3.05) is 20.4 Å². The molecule has 0 unspecified atom stereocenters. The number of hydrogen-bond acceptors (Lipinski definition) is 3. The van der Waals surface area contributed by atoms with E-state index < -0.39 is 0 Å². The molecule has 0 aromatic heterocycles. The van der Waals surface area contributed by atoms with Crippen molar-refractivity contribution >= 4 is 0 Å². The summed E-state index contributed by atoms with van der Waals surface area (Å²) in [5.41, 5.74) is 0.808. The van der Waals surface area contributed by atoms with Gasteiger partial charge in [0.15, 0.2) is 6.79 Å². The zero-order valence-corrected chi connectivity index (χ0v) is 10.6. The minimum atomic E-state index is -0.254. The molecular formula is C13H20FNO2. The van der Waals surface area contributed by atoms with Gasteiger partial charge in [-0.25, -0.2) is 4.39 Å². The monoisotopic (exact) mass is 241 g/mol. The maximum absolute atomic E-state index is 13.1. The fourth-order valence-electron chi connectivity index (χ4n) is 1.44. The summed E-state index contributed by atoms with van der Waals surface area (Å²) in [6, 6.07) is 4.50. The quantitative estimate of drug-likeness (QED) is 0.744. The highest BCUT2D eigenvalue weighted by Gasteiger charge is 2.05. The van der Waals surface area contributed by atoms with Gasteiger partial charge in [-0.3, -0.25) is 0 Å². The van der Waals surface area contributed by atoms with E-state index in [0.717, 1.165) is 12.1 Å². The summed E-state index contributed by atoms with van der Waals surface area (Å²) < 4.78 is 23.3. The Hall–Kier alpha value is -1.13. The Bertz CT molecular complexity index is 342. The van der Waals surface area contributed by atoms with Crippen molar-refractivity contribution in [3.63, 3.8) is 0 Å². The van der Waals surface area contributed by atoms with Gasteiger partial charge in [0.2, 0.25) is 0 Å². The van der Waals surface area contributed by atoms with Crippen LogP contribution in [0.5, 0.6) is 5.75 Å². The second-order valence-electron chi connectivity index (χ2n) is 4.33. The third-order valence-corrected chi connectivity index (χ3v) is 2.22. The second-order valence-corrected chi connectivity index (χ2v) is 4.33. The Morgan fingerprint density at radius 3 is 2.76 bits per heavy atom. The Kier molecular flexibility index (Phi) is 5.94. The summed E-state index contributed by atoms with van der Waals surface area (Å²) in [7, 11) is 1.56. The van der Waals surface area contributed by atoms with Crippen LogP contribution in [0, 0.1) is 11.7 Å².